The highest BCUT2D eigenvalue weighted by molar-refractivity contribution is 7.18. The number of Topliss-reactive ketones (excluding diaryl/α,β-unsaturated/α-hetero) is 1. The molecule has 172 valence electrons. The van der Waals surface area contributed by atoms with Gasteiger partial charge in [0, 0.05) is 12.1 Å². The van der Waals surface area contributed by atoms with E-state index in [1.165, 1.54) is 56.8 Å². The summed E-state index contributed by atoms with van der Waals surface area (Å²) in [6, 6.07) is 0.926. The lowest BCUT2D eigenvalue weighted by Gasteiger charge is -2.41. The maximum Gasteiger partial charge on any atom is 0.341 e. The summed E-state index contributed by atoms with van der Waals surface area (Å²) in [7, 11) is 0. The lowest BCUT2D eigenvalue weighted by Crippen LogP contribution is -2.48. The van der Waals surface area contributed by atoms with Crippen LogP contribution in [0.2, 0.25) is 0 Å². The van der Waals surface area contributed by atoms with E-state index < -0.39 is 5.97 Å². The van der Waals surface area contributed by atoms with Crippen LogP contribution >= 0.6 is 11.3 Å². The first kappa shape index (κ1) is 23.9. The fourth-order valence-electron chi connectivity index (χ4n) is 5.10. The van der Waals surface area contributed by atoms with Crippen molar-refractivity contribution < 1.29 is 19.1 Å². The number of esters is 1. The molecule has 0 aromatic carbocycles. The van der Waals surface area contributed by atoms with Gasteiger partial charge in [0.25, 0.3) is 0 Å². The molecule has 0 aliphatic heterocycles. The highest BCUT2D eigenvalue weighted by Gasteiger charge is 2.31. The van der Waals surface area contributed by atoms with Gasteiger partial charge in [0.15, 0.2) is 5.78 Å². The number of nitrogens with zero attached hydrogens (tertiary/aromatic N) is 1. The van der Waals surface area contributed by atoms with Crippen molar-refractivity contribution >= 4 is 34.0 Å². The number of rotatable bonds is 8. The van der Waals surface area contributed by atoms with Crippen LogP contribution in [0, 0.1) is 6.92 Å². The second-order valence-corrected chi connectivity index (χ2v) is 9.86. The summed E-state index contributed by atoms with van der Waals surface area (Å²) in [6.07, 6.45) is 12.1. The van der Waals surface area contributed by atoms with E-state index in [1.54, 1.807) is 13.8 Å². The van der Waals surface area contributed by atoms with Crippen molar-refractivity contribution in [1.29, 1.82) is 0 Å². The van der Waals surface area contributed by atoms with E-state index in [4.69, 9.17) is 4.74 Å². The molecule has 31 heavy (non-hydrogen) atoms. The Kier molecular flexibility index (Phi) is 8.67. The van der Waals surface area contributed by atoms with E-state index in [1.807, 2.05) is 0 Å². The molecule has 2 saturated carbocycles. The Hall–Kier alpha value is -1.73. The first-order valence-electron chi connectivity index (χ1n) is 11.8. The van der Waals surface area contributed by atoms with Crippen LogP contribution in [-0.4, -0.2) is 47.8 Å². The van der Waals surface area contributed by atoms with Crippen LogP contribution in [-0.2, 0) is 9.53 Å². The molecule has 1 aromatic rings. The molecule has 0 unspecified atom stereocenters. The smallest absolute Gasteiger partial charge is 0.341 e. The minimum absolute atomic E-state index is 0.111. The molecule has 6 nitrogen and oxygen atoms in total. The Morgan fingerprint density at radius 2 is 1.55 bits per heavy atom. The summed E-state index contributed by atoms with van der Waals surface area (Å²) in [5, 5.41) is 3.39. The van der Waals surface area contributed by atoms with E-state index in [0.29, 0.717) is 39.6 Å². The number of ether oxygens (including phenoxy) is 1. The molecule has 1 aromatic heterocycles. The standard InChI is InChI=1S/C24H36N2O4S/c1-4-30-24(29)21-16(2)22(17(3)27)31-23(21)25-20(28)15-26(18-11-7-5-8-12-18)19-13-9-6-10-14-19/h18-19H,4-15H2,1-3H3,(H,25,28). The Balaban J connectivity index is 1.79. The number of nitrogens with one attached hydrogen (secondary N) is 1. The number of hydrogen-bond donors (Lipinski definition) is 1. The van der Waals surface area contributed by atoms with Gasteiger partial charge in [0.2, 0.25) is 5.91 Å². The molecular formula is C24H36N2O4S. The third-order valence-corrected chi connectivity index (χ3v) is 7.92. The number of carbonyl (C=O) groups is 3. The first-order chi connectivity index (χ1) is 14.9. The van der Waals surface area contributed by atoms with Gasteiger partial charge in [-0.25, -0.2) is 4.79 Å². The summed E-state index contributed by atoms with van der Waals surface area (Å²) < 4.78 is 5.19. The number of hydrogen-bond acceptors (Lipinski definition) is 6. The first-order valence-corrected chi connectivity index (χ1v) is 12.6. The molecule has 2 fully saturated rings. The van der Waals surface area contributed by atoms with Crippen LogP contribution in [0.3, 0.4) is 0 Å². The molecule has 1 amide bonds. The fourth-order valence-corrected chi connectivity index (χ4v) is 6.21. The molecule has 1 heterocycles. The van der Waals surface area contributed by atoms with Crippen LogP contribution in [0.5, 0.6) is 0 Å². The number of carbonyl (C=O) groups excluding carboxylic acids is 3. The Bertz CT molecular complexity index is 774. The van der Waals surface area contributed by atoms with Gasteiger partial charge in [-0.05, 0) is 52.0 Å². The summed E-state index contributed by atoms with van der Waals surface area (Å²) in [4.78, 5) is 40.6. The molecule has 2 aliphatic rings. The lowest BCUT2D eigenvalue weighted by molar-refractivity contribution is -0.119. The van der Waals surface area contributed by atoms with E-state index in [-0.39, 0.29) is 18.3 Å². The molecule has 1 N–H and O–H groups in total. The summed E-state index contributed by atoms with van der Waals surface area (Å²) in [5.41, 5.74) is 0.898. The van der Waals surface area contributed by atoms with Gasteiger partial charge in [-0.2, -0.15) is 0 Å². The van der Waals surface area contributed by atoms with Crippen LogP contribution in [0.15, 0.2) is 0 Å². The zero-order valence-corrected chi connectivity index (χ0v) is 19.9. The lowest BCUT2D eigenvalue weighted by atomic mass is 9.88. The normalized spacial score (nSPS) is 18.2. The quantitative estimate of drug-likeness (QED) is 0.429. The molecule has 0 saturated heterocycles. The van der Waals surface area contributed by atoms with Crippen molar-refractivity contribution in [1.82, 2.24) is 4.90 Å². The molecule has 0 atom stereocenters. The van der Waals surface area contributed by atoms with E-state index in [2.05, 4.69) is 10.2 Å². The van der Waals surface area contributed by atoms with Crippen molar-refractivity contribution in [3.63, 3.8) is 0 Å². The molecule has 0 bridgehead atoms. The monoisotopic (exact) mass is 448 g/mol. The minimum Gasteiger partial charge on any atom is -0.462 e. The summed E-state index contributed by atoms with van der Waals surface area (Å²) >= 11 is 1.17. The molecule has 0 radical (unpaired) electrons. The van der Waals surface area contributed by atoms with Gasteiger partial charge in [0.05, 0.1) is 23.6 Å². The van der Waals surface area contributed by atoms with Crippen LogP contribution in [0.1, 0.15) is 104 Å². The third kappa shape index (κ3) is 5.95. The molecule has 3 rings (SSSR count). The van der Waals surface area contributed by atoms with Crippen LogP contribution in [0.4, 0.5) is 5.00 Å². The van der Waals surface area contributed by atoms with Crippen LogP contribution in [0.25, 0.3) is 0 Å². The maximum atomic E-state index is 13.1. The molecule has 0 spiro atoms. The van der Waals surface area contributed by atoms with E-state index in [0.717, 1.165) is 25.7 Å². The SMILES string of the molecule is CCOC(=O)c1c(NC(=O)CN(C2CCCCC2)C2CCCCC2)sc(C(C)=O)c1C. The summed E-state index contributed by atoms with van der Waals surface area (Å²) in [5.74, 6) is -0.715. The van der Waals surface area contributed by atoms with Gasteiger partial charge >= 0.3 is 5.97 Å². The predicted octanol–water partition coefficient (Wildman–Crippen LogP) is 5.34. The summed E-state index contributed by atoms with van der Waals surface area (Å²) in [6.45, 7) is 5.55. The van der Waals surface area contributed by atoms with Crippen molar-refractivity contribution in [2.75, 3.05) is 18.5 Å². The van der Waals surface area contributed by atoms with E-state index in [9.17, 15) is 14.4 Å². The highest BCUT2D eigenvalue weighted by Crippen LogP contribution is 2.35. The number of thiophene rings is 1. The van der Waals surface area contributed by atoms with Crippen LogP contribution < -0.4 is 5.32 Å². The number of amides is 1. The average Bonchev–Trinajstić information content (AvgIpc) is 3.09. The van der Waals surface area contributed by atoms with Crippen molar-refractivity contribution in [2.24, 2.45) is 0 Å². The van der Waals surface area contributed by atoms with Crippen molar-refractivity contribution in [3.05, 3.63) is 16.0 Å². The van der Waals surface area contributed by atoms with Gasteiger partial charge in [-0.3, -0.25) is 14.5 Å². The zero-order chi connectivity index (χ0) is 22.4. The second kappa shape index (κ2) is 11.2. The third-order valence-electron chi connectivity index (χ3n) is 6.61. The Labute approximate surface area is 189 Å². The Morgan fingerprint density at radius 1 is 1.00 bits per heavy atom. The van der Waals surface area contributed by atoms with Gasteiger partial charge in [-0.1, -0.05) is 38.5 Å². The second-order valence-electron chi connectivity index (χ2n) is 8.84. The molecule has 7 heteroatoms. The van der Waals surface area contributed by atoms with Gasteiger partial charge in [0.1, 0.15) is 5.00 Å². The Morgan fingerprint density at radius 3 is 2.03 bits per heavy atom. The van der Waals surface area contributed by atoms with Gasteiger partial charge in [-0.15, -0.1) is 11.3 Å². The van der Waals surface area contributed by atoms with E-state index >= 15 is 0 Å². The number of anilines is 1. The topological polar surface area (TPSA) is 75.7 Å². The average molecular weight is 449 g/mol. The largest absolute Gasteiger partial charge is 0.462 e. The zero-order valence-electron chi connectivity index (χ0n) is 19.1. The minimum atomic E-state index is -0.490. The molecule has 2 aliphatic carbocycles. The number of ketones is 1. The highest BCUT2D eigenvalue weighted by atomic mass is 32.1. The van der Waals surface area contributed by atoms with Crippen molar-refractivity contribution in [3.8, 4) is 0 Å². The predicted molar refractivity (Wildman–Crippen MR) is 124 cm³/mol. The fraction of sp³-hybridized carbons (Fsp3) is 0.708. The van der Waals surface area contributed by atoms with Crippen molar-refractivity contribution in [2.45, 2.75) is 97.1 Å². The maximum absolute atomic E-state index is 13.1. The molecular weight excluding hydrogens is 412 g/mol. The van der Waals surface area contributed by atoms with Gasteiger partial charge < -0.3 is 10.1 Å².